The van der Waals surface area contributed by atoms with Crippen LogP contribution in [0.1, 0.15) is 20.8 Å². The van der Waals surface area contributed by atoms with Gasteiger partial charge in [-0.15, -0.1) is 0 Å². The van der Waals surface area contributed by atoms with Gasteiger partial charge in [-0.25, -0.2) is 0 Å². The Kier molecular flexibility index (Phi) is 8.22. The molecule has 1 aliphatic rings. The molecule has 0 bridgehead atoms. The van der Waals surface area contributed by atoms with E-state index < -0.39 is 0 Å². The third-order valence-electron chi connectivity index (χ3n) is 3.19. The summed E-state index contributed by atoms with van der Waals surface area (Å²) in [7, 11) is 0. The smallest absolute Gasteiger partial charge is 0.136 e. The Morgan fingerprint density at radius 3 is 2.50 bits per heavy atom. The Morgan fingerprint density at radius 1 is 1.33 bits per heavy atom. The third-order valence-corrected chi connectivity index (χ3v) is 5.04. The van der Waals surface area contributed by atoms with Crippen LogP contribution in [0.25, 0.3) is 0 Å². The monoisotopic (exact) mass is 290 g/mol. The summed E-state index contributed by atoms with van der Waals surface area (Å²) in [5.74, 6) is 1.80. The van der Waals surface area contributed by atoms with E-state index in [2.05, 4.69) is 30.6 Å². The average molecular weight is 290 g/mol. The second-order valence-electron chi connectivity index (χ2n) is 4.77. The Labute approximate surface area is 121 Å². The van der Waals surface area contributed by atoms with Crippen LogP contribution >= 0.6 is 24.0 Å². The maximum absolute atomic E-state index is 5.45. The number of rotatable bonds is 6. The first-order valence-electron chi connectivity index (χ1n) is 6.89. The van der Waals surface area contributed by atoms with Gasteiger partial charge in [-0.1, -0.05) is 30.9 Å². The first kappa shape index (κ1) is 16.2. The van der Waals surface area contributed by atoms with Crippen LogP contribution in [0.15, 0.2) is 0 Å². The van der Waals surface area contributed by atoms with Gasteiger partial charge >= 0.3 is 0 Å². The largest absolute Gasteiger partial charge is 0.379 e. The molecule has 5 heteroatoms. The van der Waals surface area contributed by atoms with Gasteiger partial charge in [0.2, 0.25) is 0 Å². The lowest BCUT2D eigenvalue weighted by molar-refractivity contribution is 0.0331. The zero-order chi connectivity index (χ0) is 13.4. The Hall–Kier alpha value is 0.160. The highest BCUT2D eigenvalue weighted by atomic mass is 32.2. The lowest BCUT2D eigenvalue weighted by Gasteiger charge is -2.29. The van der Waals surface area contributed by atoms with Gasteiger partial charge in [0.15, 0.2) is 0 Å². The van der Waals surface area contributed by atoms with Crippen LogP contribution < -0.4 is 0 Å². The molecule has 1 heterocycles. The van der Waals surface area contributed by atoms with Crippen molar-refractivity contribution in [2.45, 2.75) is 20.8 Å². The predicted molar refractivity (Wildman–Crippen MR) is 84.4 cm³/mol. The van der Waals surface area contributed by atoms with Gasteiger partial charge in [0.25, 0.3) is 0 Å². The van der Waals surface area contributed by atoms with Crippen molar-refractivity contribution in [3.63, 3.8) is 0 Å². The molecule has 0 N–H and O–H groups in total. The van der Waals surface area contributed by atoms with E-state index in [-0.39, 0.29) is 0 Å². The van der Waals surface area contributed by atoms with Crippen molar-refractivity contribution < 1.29 is 4.74 Å². The summed E-state index contributed by atoms with van der Waals surface area (Å²) in [4.78, 5) is 4.75. The maximum atomic E-state index is 5.45. The summed E-state index contributed by atoms with van der Waals surface area (Å²) in [5, 5.41) is 0. The van der Waals surface area contributed by atoms with Crippen molar-refractivity contribution in [3.8, 4) is 0 Å². The quantitative estimate of drug-likeness (QED) is 0.696. The maximum Gasteiger partial charge on any atom is 0.136 e. The van der Waals surface area contributed by atoms with Gasteiger partial charge in [0.05, 0.1) is 13.2 Å². The summed E-state index contributed by atoms with van der Waals surface area (Å²) >= 11 is 7.28. The molecule has 0 aromatic carbocycles. The lowest BCUT2D eigenvalue weighted by Crippen LogP contribution is -2.39. The van der Waals surface area contributed by atoms with Gasteiger partial charge in [0.1, 0.15) is 4.32 Å². The van der Waals surface area contributed by atoms with Crippen LogP contribution in [0, 0.1) is 5.92 Å². The van der Waals surface area contributed by atoms with E-state index in [4.69, 9.17) is 17.0 Å². The van der Waals surface area contributed by atoms with E-state index in [9.17, 15) is 0 Å². The molecule has 0 amide bonds. The molecule has 1 atom stereocenters. The van der Waals surface area contributed by atoms with E-state index >= 15 is 0 Å². The zero-order valence-corrected chi connectivity index (χ0v) is 13.5. The number of nitrogens with zero attached hydrogens (tertiary/aromatic N) is 2. The van der Waals surface area contributed by atoms with Gasteiger partial charge in [0, 0.05) is 38.5 Å². The molecule has 18 heavy (non-hydrogen) atoms. The van der Waals surface area contributed by atoms with Crippen molar-refractivity contribution in [2.75, 3.05) is 51.7 Å². The van der Waals surface area contributed by atoms with E-state index in [0.717, 1.165) is 56.0 Å². The van der Waals surface area contributed by atoms with Crippen LogP contribution in [0.5, 0.6) is 0 Å². The van der Waals surface area contributed by atoms with Crippen LogP contribution in [-0.4, -0.2) is 65.8 Å². The SMILES string of the molecule is CCN(CC)C(=S)SCC(C)CN1CCOCC1. The molecule has 3 nitrogen and oxygen atoms in total. The molecule has 0 aromatic heterocycles. The molecule has 0 aromatic rings. The second-order valence-corrected chi connectivity index (χ2v) is 6.42. The van der Waals surface area contributed by atoms with Crippen LogP contribution in [0.4, 0.5) is 0 Å². The fourth-order valence-corrected chi connectivity index (χ4v) is 3.50. The first-order valence-corrected chi connectivity index (χ1v) is 8.28. The van der Waals surface area contributed by atoms with E-state index in [0.29, 0.717) is 5.92 Å². The number of ether oxygens (including phenoxy) is 1. The molecule has 106 valence electrons. The number of thiocarbonyl (C=S) groups is 1. The summed E-state index contributed by atoms with van der Waals surface area (Å²) in [6, 6.07) is 0. The summed E-state index contributed by atoms with van der Waals surface area (Å²) in [6.07, 6.45) is 0. The van der Waals surface area contributed by atoms with E-state index in [1.165, 1.54) is 0 Å². The first-order chi connectivity index (χ1) is 8.67. The highest BCUT2D eigenvalue weighted by molar-refractivity contribution is 8.22. The van der Waals surface area contributed by atoms with Crippen LogP contribution in [0.3, 0.4) is 0 Å². The molecule has 1 fully saturated rings. The Morgan fingerprint density at radius 2 is 1.94 bits per heavy atom. The minimum absolute atomic E-state index is 0.682. The van der Waals surface area contributed by atoms with E-state index in [1.807, 2.05) is 11.8 Å². The Bertz CT molecular complexity index is 241. The van der Waals surface area contributed by atoms with Crippen molar-refractivity contribution in [1.29, 1.82) is 0 Å². The number of hydrogen-bond acceptors (Lipinski definition) is 4. The van der Waals surface area contributed by atoms with Gasteiger partial charge in [-0.05, 0) is 19.8 Å². The fraction of sp³-hybridized carbons (Fsp3) is 0.923. The zero-order valence-electron chi connectivity index (χ0n) is 11.9. The number of hydrogen-bond donors (Lipinski definition) is 0. The normalized spacial score (nSPS) is 18.6. The molecule has 0 aliphatic carbocycles. The van der Waals surface area contributed by atoms with Crippen LogP contribution in [-0.2, 0) is 4.74 Å². The summed E-state index contributed by atoms with van der Waals surface area (Å²) < 4.78 is 6.42. The molecular formula is C13H26N2OS2. The fourth-order valence-electron chi connectivity index (χ4n) is 2.06. The predicted octanol–water partition coefficient (Wildman–Crippen LogP) is 2.31. The highest BCUT2D eigenvalue weighted by Crippen LogP contribution is 2.15. The molecule has 1 aliphatic heterocycles. The van der Waals surface area contributed by atoms with Crippen molar-refractivity contribution in [1.82, 2.24) is 9.80 Å². The third kappa shape index (κ3) is 5.87. The average Bonchev–Trinajstić information content (AvgIpc) is 2.39. The molecule has 1 rings (SSSR count). The number of morpholine rings is 1. The Balaban J connectivity index is 2.19. The van der Waals surface area contributed by atoms with Gasteiger partial charge in [-0.3, -0.25) is 4.90 Å². The summed E-state index contributed by atoms with van der Waals surface area (Å²) in [5.41, 5.74) is 0. The minimum Gasteiger partial charge on any atom is -0.379 e. The summed E-state index contributed by atoms with van der Waals surface area (Å²) in [6.45, 7) is 13.8. The van der Waals surface area contributed by atoms with Gasteiger partial charge < -0.3 is 9.64 Å². The molecule has 0 spiro atoms. The van der Waals surface area contributed by atoms with Crippen LogP contribution in [0.2, 0.25) is 0 Å². The minimum atomic E-state index is 0.682. The number of thioether (sulfide) groups is 1. The van der Waals surface area contributed by atoms with Crippen molar-refractivity contribution in [3.05, 3.63) is 0 Å². The van der Waals surface area contributed by atoms with Gasteiger partial charge in [-0.2, -0.15) is 0 Å². The standard InChI is InChI=1S/C13H26N2OS2/c1-4-15(5-2)13(17)18-11-12(3)10-14-6-8-16-9-7-14/h12H,4-11H2,1-3H3. The van der Waals surface area contributed by atoms with Crippen molar-refractivity contribution in [2.24, 2.45) is 5.92 Å². The van der Waals surface area contributed by atoms with Crippen molar-refractivity contribution >= 4 is 28.3 Å². The highest BCUT2D eigenvalue weighted by Gasteiger charge is 2.15. The lowest BCUT2D eigenvalue weighted by atomic mass is 10.2. The molecule has 0 saturated carbocycles. The molecule has 1 unspecified atom stereocenters. The molecule has 1 saturated heterocycles. The van der Waals surface area contributed by atoms with E-state index in [1.54, 1.807) is 0 Å². The topological polar surface area (TPSA) is 15.7 Å². The molecule has 0 radical (unpaired) electrons. The molecular weight excluding hydrogens is 264 g/mol. The second kappa shape index (κ2) is 9.13.